The van der Waals surface area contributed by atoms with E-state index in [1.807, 2.05) is 4.57 Å². The quantitative estimate of drug-likeness (QED) is 0.873. The van der Waals surface area contributed by atoms with Gasteiger partial charge in [-0.3, -0.25) is 4.79 Å². The second-order valence-electron chi connectivity index (χ2n) is 5.28. The van der Waals surface area contributed by atoms with Crippen LogP contribution in [0.2, 0.25) is 5.02 Å². The van der Waals surface area contributed by atoms with Crippen molar-refractivity contribution in [3.63, 3.8) is 0 Å². The molecule has 0 saturated heterocycles. The van der Waals surface area contributed by atoms with Crippen molar-refractivity contribution in [3.8, 4) is 0 Å². The van der Waals surface area contributed by atoms with E-state index in [0.717, 1.165) is 32.2 Å². The highest BCUT2D eigenvalue weighted by Crippen LogP contribution is 2.24. The third kappa shape index (κ3) is 3.74. The first kappa shape index (κ1) is 14.4. The molecule has 1 aromatic rings. The molecule has 2 atom stereocenters. The number of amides is 1. The Labute approximate surface area is 118 Å². The van der Waals surface area contributed by atoms with Crippen molar-refractivity contribution in [2.75, 3.05) is 6.54 Å². The standard InChI is InChI=1S/C14H21ClN2O2/c1-2-5-17-9-11(15)7-13(17)14(19)16-8-10-3-4-12(18)6-10/h7,9-10,12,18H,2-6,8H2,1H3,(H,16,19). The molecule has 1 heterocycles. The fourth-order valence-corrected chi connectivity index (χ4v) is 2.87. The lowest BCUT2D eigenvalue weighted by Gasteiger charge is -2.12. The maximum atomic E-state index is 12.1. The Bertz CT molecular complexity index is 445. The molecule has 1 aliphatic rings. The lowest BCUT2D eigenvalue weighted by molar-refractivity contribution is 0.0935. The molecule has 1 aliphatic carbocycles. The maximum Gasteiger partial charge on any atom is 0.267 e. The molecule has 0 aromatic carbocycles. The number of aryl methyl sites for hydroxylation is 1. The van der Waals surface area contributed by atoms with Crippen LogP contribution in [-0.2, 0) is 6.54 Å². The molecule has 2 N–H and O–H groups in total. The van der Waals surface area contributed by atoms with Crippen LogP contribution in [0.4, 0.5) is 0 Å². The lowest BCUT2D eigenvalue weighted by Crippen LogP contribution is -2.30. The number of aliphatic hydroxyl groups excluding tert-OH is 1. The summed E-state index contributed by atoms with van der Waals surface area (Å²) in [5, 5.41) is 13.0. The van der Waals surface area contributed by atoms with E-state index in [2.05, 4.69) is 12.2 Å². The third-order valence-corrected chi connectivity index (χ3v) is 3.83. The summed E-state index contributed by atoms with van der Waals surface area (Å²) in [6.07, 6.45) is 5.17. The highest BCUT2D eigenvalue weighted by Gasteiger charge is 2.23. The van der Waals surface area contributed by atoms with Gasteiger partial charge >= 0.3 is 0 Å². The van der Waals surface area contributed by atoms with Crippen molar-refractivity contribution in [2.24, 2.45) is 5.92 Å². The van der Waals surface area contributed by atoms with Crippen LogP contribution in [0.5, 0.6) is 0 Å². The third-order valence-electron chi connectivity index (χ3n) is 3.63. The normalized spacial score (nSPS) is 22.7. The molecule has 1 amide bonds. The van der Waals surface area contributed by atoms with Gasteiger partial charge in [-0.15, -0.1) is 0 Å². The average Bonchev–Trinajstić information content (AvgIpc) is 2.93. The van der Waals surface area contributed by atoms with Gasteiger partial charge in [-0.05, 0) is 37.7 Å². The van der Waals surface area contributed by atoms with Crippen molar-refractivity contribution in [1.82, 2.24) is 9.88 Å². The van der Waals surface area contributed by atoms with E-state index in [9.17, 15) is 9.90 Å². The van der Waals surface area contributed by atoms with E-state index in [0.29, 0.717) is 23.2 Å². The molecule has 1 fully saturated rings. The van der Waals surface area contributed by atoms with Gasteiger partial charge in [0.05, 0.1) is 11.1 Å². The van der Waals surface area contributed by atoms with E-state index in [1.165, 1.54) is 0 Å². The number of hydrogen-bond donors (Lipinski definition) is 2. The molecular weight excluding hydrogens is 264 g/mol. The van der Waals surface area contributed by atoms with E-state index in [-0.39, 0.29) is 12.0 Å². The molecule has 19 heavy (non-hydrogen) atoms. The number of nitrogens with one attached hydrogen (secondary N) is 1. The number of aromatic nitrogens is 1. The average molecular weight is 285 g/mol. The topological polar surface area (TPSA) is 54.3 Å². The Morgan fingerprint density at radius 3 is 3.00 bits per heavy atom. The molecule has 5 heteroatoms. The second-order valence-corrected chi connectivity index (χ2v) is 5.72. The van der Waals surface area contributed by atoms with Crippen LogP contribution in [0.15, 0.2) is 12.3 Å². The van der Waals surface area contributed by atoms with Crippen molar-refractivity contribution < 1.29 is 9.90 Å². The fourth-order valence-electron chi connectivity index (χ4n) is 2.65. The van der Waals surface area contributed by atoms with Crippen LogP contribution in [0.25, 0.3) is 0 Å². The first-order valence-corrected chi connectivity index (χ1v) is 7.30. The molecule has 106 valence electrons. The first-order chi connectivity index (χ1) is 9.10. The molecule has 0 aliphatic heterocycles. The Morgan fingerprint density at radius 1 is 1.58 bits per heavy atom. The van der Waals surface area contributed by atoms with Gasteiger partial charge < -0.3 is 15.0 Å². The number of rotatable bonds is 5. The smallest absolute Gasteiger partial charge is 0.267 e. The van der Waals surface area contributed by atoms with Crippen LogP contribution in [0.3, 0.4) is 0 Å². The van der Waals surface area contributed by atoms with Gasteiger partial charge in [0.25, 0.3) is 5.91 Å². The van der Waals surface area contributed by atoms with Crippen molar-refractivity contribution in [1.29, 1.82) is 0 Å². The molecule has 0 radical (unpaired) electrons. The molecule has 2 unspecified atom stereocenters. The van der Waals surface area contributed by atoms with Crippen molar-refractivity contribution in [2.45, 2.75) is 45.3 Å². The van der Waals surface area contributed by atoms with Gasteiger partial charge in [0.2, 0.25) is 0 Å². The van der Waals surface area contributed by atoms with Gasteiger partial charge in [0, 0.05) is 19.3 Å². The summed E-state index contributed by atoms with van der Waals surface area (Å²) in [4.78, 5) is 12.1. The van der Waals surface area contributed by atoms with Crippen LogP contribution in [-0.4, -0.2) is 28.2 Å². The minimum Gasteiger partial charge on any atom is -0.393 e. The maximum absolute atomic E-state index is 12.1. The minimum atomic E-state index is -0.194. The summed E-state index contributed by atoms with van der Waals surface area (Å²) in [6.45, 7) is 3.48. The number of halogens is 1. The van der Waals surface area contributed by atoms with Gasteiger partial charge in [-0.1, -0.05) is 18.5 Å². The Morgan fingerprint density at radius 2 is 2.37 bits per heavy atom. The predicted octanol–water partition coefficient (Wildman–Crippen LogP) is 2.44. The summed E-state index contributed by atoms with van der Waals surface area (Å²) in [5.74, 6) is 0.311. The molecule has 0 spiro atoms. The molecular formula is C14H21ClN2O2. The van der Waals surface area contributed by atoms with E-state index < -0.39 is 0 Å². The molecule has 4 nitrogen and oxygen atoms in total. The highest BCUT2D eigenvalue weighted by atomic mass is 35.5. The zero-order valence-electron chi connectivity index (χ0n) is 11.2. The second kappa shape index (κ2) is 6.44. The number of carbonyl (C=O) groups excluding carboxylic acids is 1. The van der Waals surface area contributed by atoms with Crippen LogP contribution in [0.1, 0.15) is 43.1 Å². The van der Waals surface area contributed by atoms with Gasteiger partial charge in [0.1, 0.15) is 5.69 Å². The Hall–Kier alpha value is -1.00. The molecule has 1 saturated carbocycles. The van der Waals surface area contributed by atoms with Crippen molar-refractivity contribution in [3.05, 3.63) is 23.0 Å². The van der Waals surface area contributed by atoms with Gasteiger partial charge in [-0.2, -0.15) is 0 Å². The molecule has 1 aromatic heterocycles. The zero-order chi connectivity index (χ0) is 13.8. The highest BCUT2D eigenvalue weighted by molar-refractivity contribution is 6.31. The number of carbonyl (C=O) groups is 1. The van der Waals surface area contributed by atoms with Crippen LogP contribution >= 0.6 is 11.6 Å². The van der Waals surface area contributed by atoms with E-state index in [4.69, 9.17) is 11.6 Å². The van der Waals surface area contributed by atoms with E-state index in [1.54, 1.807) is 12.3 Å². The monoisotopic (exact) mass is 284 g/mol. The SMILES string of the molecule is CCCn1cc(Cl)cc1C(=O)NCC1CCC(O)C1. The molecule has 0 bridgehead atoms. The minimum absolute atomic E-state index is 0.0817. The zero-order valence-corrected chi connectivity index (χ0v) is 12.0. The summed E-state index contributed by atoms with van der Waals surface area (Å²) in [7, 11) is 0. The summed E-state index contributed by atoms with van der Waals surface area (Å²) >= 11 is 5.96. The van der Waals surface area contributed by atoms with Crippen LogP contribution < -0.4 is 5.32 Å². The summed E-state index contributed by atoms with van der Waals surface area (Å²) < 4.78 is 1.89. The lowest BCUT2D eigenvalue weighted by atomic mass is 10.1. The summed E-state index contributed by atoms with van der Waals surface area (Å²) in [5.41, 5.74) is 0.616. The van der Waals surface area contributed by atoms with Gasteiger partial charge in [0.15, 0.2) is 0 Å². The Balaban J connectivity index is 1.92. The largest absolute Gasteiger partial charge is 0.393 e. The number of aliphatic hydroxyl groups is 1. The number of nitrogens with zero attached hydrogens (tertiary/aromatic N) is 1. The van der Waals surface area contributed by atoms with Crippen LogP contribution in [0, 0.1) is 5.92 Å². The summed E-state index contributed by atoms with van der Waals surface area (Å²) in [6, 6.07) is 1.70. The first-order valence-electron chi connectivity index (χ1n) is 6.92. The number of hydrogen-bond acceptors (Lipinski definition) is 2. The Kier molecular flexibility index (Phi) is 4.88. The predicted molar refractivity (Wildman–Crippen MR) is 75.4 cm³/mol. The van der Waals surface area contributed by atoms with Crippen molar-refractivity contribution >= 4 is 17.5 Å². The fraction of sp³-hybridized carbons (Fsp3) is 0.643. The van der Waals surface area contributed by atoms with Gasteiger partial charge in [-0.25, -0.2) is 0 Å². The van der Waals surface area contributed by atoms with E-state index >= 15 is 0 Å². The molecule has 2 rings (SSSR count).